The first-order valence-corrected chi connectivity index (χ1v) is 12.7. The summed E-state index contributed by atoms with van der Waals surface area (Å²) in [4.78, 5) is 12.7. The number of hydrogen-bond acceptors (Lipinski definition) is 5. The third-order valence-electron chi connectivity index (χ3n) is 5.60. The summed E-state index contributed by atoms with van der Waals surface area (Å²) in [5.41, 5.74) is 1.03. The summed E-state index contributed by atoms with van der Waals surface area (Å²) in [6.45, 7) is 5.92. The Bertz CT molecular complexity index is 1040. The minimum atomic E-state index is -3.68. The Morgan fingerprint density at radius 2 is 1.67 bits per heavy atom. The van der Waals surface area contributed by atoms with Crippen LogP contribution in [-0.4, -0.2) is 51.5 Å². The van der Waals surface area contributed by atoms with Crippen LogP contribution in [0.4, 0.5) is 4.39 Å². The number of halogens is 1. The van der Waals surface area contributed by atoms with Gasteiger partial charge < -0.3 is 14.8 Å². The van der Waals surface area contributed by atoms with E-state index in [0.29, 0.717) is 50.5 Å². The predicted molar refractivity (Wildman–Crippen MR) is 123 cm³/mol. The van der Waals surface area contributed by atoms with Gasteiger partial charge in [-0.25, -0.2) is 12.8 Å². The lowest BCUT2D eigenvalue weighted by atomic mass is 9.97. The van der Waals surface area contributed by atoms with Crippen molar-refractivity contribution < 1.29 is 27.1 Å². The Morgan fingerprint density at radius 3 is 2.30 bits per heavy atom. The summed E-state index contributed by atoms with van der Waals surface area (Å²) in [5.74, 6) is 0.616. The topological polar surface area (TPSA) is 84.9 Å². The van der Waals surface area contributed by atoms with E-state index in [4.69, 9.17) is 9.47 Å². The van der Waals surface area contributed by atoms with E-state index in [9.17, 15) is 17.6 Å². The monoisotopic (exact) mass is 478 g/mol. The molecule has 1 fully saturated rings. The van der Waals surface area contributed by atoms with E-state index in [0.717, 1.165) is 17.7 Å². The zero-order valence-electron chi connectivity index (χ0n) is 19.1. The van der Waals surface area contributed by atoms with E-state index in [1.165, 1.54) is 16.4 Å². The molecule has 0 atom stereocenters. The van der Waals surface area contributed by atoms with Crippen LogP contribution < -0.4 is 14.8 Å². The molecule has 0 spiro atoms. The Labute approximate surface area is 194 Å². The average Bonchev–Trinajstić information content (AvgIpc) is 2.81. The lowest BCUT2D eigenvalue weighted by Gasteiger charge is -2.30. The minimum absolute atomic E-state index is 0.0635. The fraction of sp³-hybridized carbons (Fsp3) is 0.458. The van der Waals surface area contributed by atoms with Crippen LogP contribution in [0.2, 0.25) is 0 Å². The molecule has 3 rings (SSSR count). The number of amides is 1. The van der Waals surface area contributed by atoms with Crippen molar-refractivity contribution in [3.63, 3.8) is 0 Å². The lowest BCUT2D eigenvalue weighted by Crippen LogP contribution is -2.43. The second kappa shape index (κ2) is 11.5. The highest BCUT2D eigenvalue weighted by Crippen LogP contribution is 2.29. The van der Waals surface area contributed by atoms with Crippen molar-refractivity contribution in [3.05, 3.63) is 53.8 Å². The van der Waals surface area contributed by atoms with E-state index >= 15 is 0 Å². The van der Waals surface area contributed by atoms with Gasteiger partial charge in [-0.15, -0.1) is 0 Å². The van der Waals surface area contributed by atoms with E-state index in [1.807, 2.05) is 32.0 Å². The van der Waals surface area contributed by atoms with Crippen LogP contribution in [0.25, 0.3) is 0 Å². The van der Waals surface area contributed by atoms with Crippen molar-refractivity contribution in [2.45, 2.75) is 38.0 Å². The maximum Gasteiger partial charge on any atom is 0.243 e. The first-order chi connectivity index (χ1) is 15.8. The summed E-state index contributed by atoms with van der Waals surface area (Å²) in [6.07, 6.45) is 1.55. The van der Waals surface area contributed by atoms with Crippen LogP contribution in [0.3, 0.4) is 0 Å². The Hall–Kier alpha value is -2.65. The fourth-order valence-electron chi connectivity index (χ4n) is 3.84. The molecular formula is C24H31FN2O5S. The number of carbonyl (C=O) groups excluding carboxylic acids is 1. The average molecular weight is 479 g/mol. The van der Waals surface area contributed by atoms with Crippen LogP contribution in [0.5, 0.6) is 11.5 Å². The summed E-state index contributed by atoms with van der Waals surface area (Å²) in [6, 6.07) is 10.6. The van der Waals surface area contributed by atoms with Gasteiger partial charge in [-0.3, -0.25) is 4.79 Å². The molecule has 0 unspecified atom stereocenters. The molecule has 1 N–H and O–H groups in total. The maximum atomic E-state index is 13.1. The zero-order valence-corrected chi connectivity index (χ0v) is 19.9. The zero-order chi connectivity index (χ0) is 23.8. The molecule has 7 nitrogen and oxygen atoms in total. The highest BCUT2D eigenvalue weighted by molar-refractivity contribution is 7.89. The first-order valence-electron chi connectivity index (χ1n) is 11.3. The number of benzene rings is 2. The first kappa shape index (κ1) is 25.0. The maximum absolute atomic E-state index is 13.1. The van der Waals surface area contributed by atoms with Crippen molar-refractivity contribution in [3.8, 4) is 11.5 Å². The SMILES string of the molecule is CCOc1ccc(CCNC(=O)C2CCN(S(=O)(=O)c3ccc(F)cc3)CC2)cc1OCC. The molecule has 33 heavy (non-hydrogen) atoms. The highest BCUT2D eigenvalue weighted by atomic mass is 32.2. The van der Waals surface area contributed by atoms with Crippen LogP contribution in [-0.2, 0) is 21.2 Å². The largest absolute Gasteiger partial charge is 0.490 e. The summed E-state index contributed by atoms with van der Waals surface area (Å²) in [7, 11) is -3.68. The molecule has 1 amide bonds. The third-order valence-corrected chi connectivity index (χ3v) is 7.51. The van der Waals surface area contributed by atoms with Gasteiger partial charge in [0.05, 0.1) is 18.1 Å². The number of hydrogen-bond donors (Lipinski definition) is 1. The smallest absolute Gasteiger partial charge is 0.243 e. The van der Waals surface area contributed by atoms with Gasteiger partial charge in [0.2, 0.25) is 15.9 Å². The molecule has 0 saturated carbocycles. The van der Waals surface area contributed by atoms with Crippen molar-refractivity contribution >= 4 is 15.9 Å². The quantitative estimate of drug-likeness (QED) is 0.566. The summed E-state index contributed by atoms with van der Waals surface area (Å²) >= 11 is 0. The number of ether oxygens (including phenoxy) is 2. The standard InChI is InChI=1S/C24H31FN2O5S/c1-3-31-22-10-5-18(17-23(22)32-4-2)11-14-26-24(28)19-12-15-27(16-13-19)33(29,30)21-8-6-20(25)7-9-21/h5-10,17,19H,3-4,11-16H2,1-2H3,(H,26,28). The third kappa shape index (κ3) is 6.45. The predicted octanol–water partition coefficient (Wildman–Crippen LogP) is 3.38. The lowest BCUT2D eigenvalue weighted by molar-refractivity contribution is -0.126. The Morgan fingerprint density at radius 1 is 1.03 bits per heavy atom. The summed E-state index contributed by atoms with van der Waals surface area (Å²) in [5, 5.41) is 2.96. The van der Waals surface area contributed by atoms with E-state index < -0.39 is 15.8 Å². The molecule has 1 saturated heterocycles. The van der Waals surface area contributed by atoms with E-state index in [2.05, 4.69) is 5.32 Å². The van der Waals surface area contributed by atoms with Gasteiger partial charge in [0.1, 0.15) is 5.82 Å². The van der Waals surface area contributed by atoms with Gasteiger partial charge in [0.15, 0.2) is 11.5 Å². The highest BCUT2D eigenvalue weighted by Gasteiger charge is 2.32. The molecule has 0 radical (unpaired) electrons. The molecule has 0 aromatic heterocycles. The van der Waals surface area contributed by atoms with Gasteiger partial charge in [0.25, 0.3) is 0 Å². The number of nitrogens with zero attached hydrogens (tertiary/aromatic N) is 1. The van der Waals surface area contributed by atoms with Gasteiger partial charge >= 0.3 is 0 Å². The number of rotatable bonds is 10. The Balaban J connectivity index is 1.49. The van der Waals surface area contributed by atoms with Crippen molar-refractivity contribution in [2.75, 3.05) is 32.8 Å². The molecule has 2 aromatic carbocycles. The molecular weight excluding hydrogens is 447 g/mol. The molecule has 9 heteroatoms. The molecule has 1 aliphatic heterocycles. The van der Waals surface area contributed by atoms with Crippen LogP contribution in [0.15, 0.2) is 47.4 Å². The summed E-state index contributed by atoms with van der Waals surface area (Å²) < 4.78 is 51.1. The minimum Gasteiger partial charge on any atom is -0.490 e. The normalized spacial score (nSPS) is 15.2. The second-order valence-electron chi connectivity index (χ2n) is 7.82. The van der Waals surface area contributed by atoms with Crippen molar-refractivity contribution in [1.82, 2.24) is 9.62 Å². The number of sulfonamides is 1. The number of carbonyl (C=O) groups is 1. The Kier molecular flexibility index (Phi) is 8.68. The van der Waals surface area contributed by atoms with Gasteiger partial charge in [-0.05, 0) is 75.1 Å². The van der Waals surface area contributed by atoms with Gasteiger partial charge in [-0.1, -0.05) is 6.07 Å². The molecule has 180 valence electrons. The van der Waals surface area contributed by atoms with Crippen molar-refractivity contribution in [1.29, 1.82) is 0 Å². The van der Waals surface area contributed by atoms with Crippen LogP contribution in [0.1, 0.15) is 32.3 Å². The van der Waals surface area contributed by atoms with Gasteiger partial charge in [0, 0.05) is 25.6 Å². The molecule has 2 aromatic rings. The van der Waals surface area contributed by atoms with Crippen LogP contribution in [0, 0.1) is 11.7 Å². The van der Waals surface area contributed by atoms with E-state index in [1.54, 1.807) is 0 Å². The molecule has 0 aliphatic carbocycles. The molecule has 1 heterocycles. The number of nitrogens with one attached hydrogen (secondary N) is 1. The second-order valence-corrected chi connectivity index (χ2v) is 9.76. The number of piperidine rings is 1. The fourth-order valence-corrected chi connectivity index (χ4v) is 5.31. The molecule has 0 bridgehead atoms. The van der Waals surface area contributed by atoms with Crippen molar-refractivity contribution in [2.24, 2.45) is 5.92 Å². The van der Waals surface area contributed by atoms with Crippen LogP contribution >= 0.6 is 0 Å². The van der Waals surface area contributed by atoms with E-state index in [-0.39, 0.29) is 29.8 Å². The molecule has 1 aliphatic rings. The van der Waals surface area contributed by atoms with Gasteiger partial charge in [-0.2, -0.15) is 4.31 Å².